The van der Waals surface area contributed by atoms with E-state index >= 15 is 0 Å². The van der Waals surface area contributed by atoms with Gasteiger partial charge in [0.25, 0.3) is 0 Å². The van der Waals surface area contributed by atoms with Crippen LogP contribution in [0.25, 0.3) is 0 Å². The van der Waals surface area contributed by atoms with Gasteiger partial charge in [-0.3, -0.25) is 4.79 Å². The van der Waals surface area contributed by atoms with Crippen LogP contribution in [0.2, 0.25) is 0 Å². The highest BCUT2D eigenvalue weighted by Gasteiger charge is 2.39. The summed E-state index contributed by atoms with van der Waals surface area (Å²) in [5.41, 5.74) is 9.96. The molecule has 0 spiro atoms. The molecule has 2 aromatic carbocycles. The lowest BCUT2D eigenvalue weighted by Gasteiger charge is -2.45. The van der Waals surface area contributed by atoms with Crippen LogP contribution in [0.3, 0.4) is 0 Å². The second-order valence-corrected chi connectivity index (χ2v) is 10.4. The molecule has 4 rings (SSSR count). The highest BCUT2D eigenvalue weighted by molar-refractivity contribution is 5.94. The number of fused-ring (bicyclic) bond motifs is 2. The highest BCUT2D eigenvalue weighted by atomic mass is 19.1. The summed E-state index contributed by atoms with van der Waals surface area (Å²) in [6, 6.07) is 7.83. The van der Waals surface area contributed by atoms with E-state index in [0.29, 0.717) is 5.92 Å². The lowest BCUT2D eigenvalue weighted by molar-refractivity contribution is -0.117. The molecule has 2 aromatic rings. The van der Waals surface area contributed by atoms with Crippen LogP contribution in [-0.4, -0.2) is 11.4 Å². The Bertz CT molecular complexity index is 1010. The van der Waals surface area contributed by atoms with Crippen molar-refractivity contribution in [2.45, 2.75) is 91.5 Å². The molecule has 0 saturated heterocycles. The monoisotopic (exact) mass is 444 g/mol. The number of nitrogens with zero attached hydrogens (tertiary/aromatic N) is 1. The van der Waals surface area contributed by atoms with E-state index in [2.05, 4.69) is 41.5 Å². The minimum absolute atomic E-state index is 0. The fourth-order valence-corrected chi connectivity index (χ4v) is 5.79. The zero-order valence-corrected chi connectivity index (χ0v) is 19.6. The summed E-state index contributed by atoms with van der Waals surface area (Å²) < 4.78 is 27.0. The first-order chi connectivity index (χ1) is 14.3. The van der Waals surface area contributed by atoms with E-state index in [4.69, 9.17) is 5.73 Å². The second-order valence-electron chi connectivity index (χ2n) is 10.4. The number of rotatable bonds is 0. The van der Waals surface area contributed by atoms with Crippen molar-refractivity contribution in [3.63, 3.8) is 0 Å². The first-order valence-electron chi connectivity index (χ1n) is 10.9. The zero-order chi connectivity index (χ0) is 23.3. The molecule has 0 fully saturated rings. The summed E-state index contributed by atoms with van der Waals surface area (Å²) in [7, 11) is 0. The highest BCUT2D eigenvalue weighted by Crippen LogP contribution is 2.49. The van der Waals surface area contributed by atoms with Gasteiger partial charge in [0, 0.05) is 23.8 Å². The molecule has 0 aromatic heterocycles. The molecule has 2 atom stereocenters. The molecule has 32 heavy (non-hydrogen) atoms. The first kappa shape index (κ1) is 25.8. The fraction of sp³-hybridized carbons (Fsp3) is 0.519. The molecule has 1 aliphatic heterocycles. The predicted molar refractivity (Wildman–Crippen MR) is 130 cm³/mol. The topological polar surface area (TPSA) is 46.3 Å². The third-order valence-electron chi connectivity index (χ3n) is 6.70. The Kier molecular flexibility index (Phi) is 7.13. The molecule has 1 aliphatic carbocycles. The van der Waals surface area contributed by atoms with Crippen molar-refractivity contribution in [2.24, 2.45) is 0 Å². The Morgan fingerprint density at radius 2 is 1.66 bits per heavy atom. The van der Waals surface area contributed by atoms with E-state index in [0.717, 1.165) is 40.9 Å². The number of amides is 1. The summed E-state index contributed by atoms with van der Waals surface area (Å²) >= 11 is 0. The molecule has 0 bridgehead atoms. The number of nitrogen functional groups attached to an aromatic ring is 1. The van der Waals surface area contributed by atoms with Gasteiger partial charge in [-0.05, 0) is 91.0 Å². The molecule has 2 unspecified atom stereocenters. The second kappa shape index (κ2) is 8.84. The predicted octanol–water partition coefficient (Wildman–Crippen LogP) is 7.29. The summed E-state index contributed by atoms with van der Waals surface area (Å²) in [5.74, 6) is 0.305. The van der Waals surface area contributed by atoms with Crippen LogP contribution in [0, 0.1) is 11.6 Å². The van der Waals surface area contributed by atoms with Gasteiger partial charge in [-0.25, -0.2) is 8.78 Å². The Labute approximate surface area is 192 Å². The summed E-state index contributed by atoms with van der Waals surface area (Å²) in [4.78, 5) is 13.6. The lowest BCUT2D eigenvalue weighted by atomic mass is 9.80. The van der Waals surface area contributed by atoms with Crippen LogP contribution in [0.1, 0.15) is 97.3 Å². The van der Waals surface area contributed by atoms with Crippen LogP contribution in [0.4, 0.5) is 20.2 Å². The Balaban J connectivity index is 0.000000224. The van der Waals surface area contributed by atoms with Gasteiger partial charge in [-0.2, -0.15) is 0 Å². The van der Waals surface area contributed by atoms with E-state index in [1.165, 1.54) is 12.1 Å². The van der Waals surface area contributed by atoms with Crippen LogP contribution >= 0.6 is 0 Å². The maximum Gasteiger partial charge on any atom is 0.224 e. The van der Waals surface area contributed by atoms with Gasteiger partial charge in [0.1, 0.15) is 11.6 Å². The van der Waals surface area contributed by atoms with Gasteiger partial charge in [0.05, 0.1) is 0 Å². The van der Waals surface area contributed by atoms with E-state index in [-0.39, 0.29) is 41.8 Å². The molecule has 5 heteroatoms. The molecule has 0 radical (unpaired) electrons. The molecule has 1 amide bonds. The van der Waals surface area contributed by atoms with Crippen LogP contribution in [-0.2, 0) is 10.2 Å². The Morgan fingerprint density at radius 1 is 1.03 bits per heavy atom. The van der Waals surface area contributed by atoms with E-state index in [1.54, 1.807) is 30.0 Å². The third-order valence-corrected chi connectivity index (χ3v) is 6.70. The summed E-state index contributed by atoms with van der Waals surface area (Å²) in [6.45, 7) is 14.0. The van der Waals surface area contributed by atoms with Gasteiger partial charge in [0.2, 0.25) is 5.91 Å². The normalized spacial score (nSPS) is 22.1. The van der Waals surface area contributed by atoms with Crippen LogP contribution in [0.15, 0.2) is 30.3 Å². The lowest BCUT2D eigenvalue weighted by Crippen LogP contribution is -2.50. The van der Waals surface area contributed by atoms with Gasteiger partial charge >= 0.3 is 0 Å². The standard InChI is InChI=1S/C14H18FNO.C12H16FN.CH4/c1-9-8-14(3,4)16(10(2)17)13-6-5-11(15)7-12(9)13;1-7-6-12(2,3)11-8(13)4-5-9(14)10(7)11;/h5-7,9H,8H2,1-4H3;4-5,7H,6,14H2,1-3H3;1H4. The Hall–Kier alpha value is -2.43. The number of hydrogen-bond donors (Lipinski definition) is 1. The first-order valence-corrected chi connectivity index (χ1v) is 10.9. The number of carbonyl (C=O) groups excluding carboxylic acids is 1. The maximum absolute atomic E-state index is 13.7. The summed E-state index contributed by atoms with van der Waals surface area (Å²) in [6.07, 6.45) is 1.83. The number of benzene rings is 2. The Morgan fingerprint density at radius 3 is 2.22 bits per heavy atom. The number of carbonyl (C=O) groups is 1. The van der Waals surface area contributed by atoms with E-state index < -0.39 is 0 Å². The van der Waals surface area contributed by atoms with Crippen molar-refractivity contribution < 1.29 is 13.6 Å². The molecule has 2 N–H and O–H groups in total. The molecule has 0 saturated carbocycles. The maximum atomic E-state index is 13.7. The largest absolute Gasteiger partial charge is 0.398 e. The molecular weight excluding hydrogens is 406 g/mol. The van der Waals surface area contributed by atoms with Crippen molar-refractivity contribution in [1.82, 2.24) is 0 Å². The van der Waals surface area contributed by atoms with E-state index in [1.807, 2.05) is 0 Å². The average Bonchev–Trinajstić information content (AvgIpc) is 2.88. The van der Waals surface area contributed by atoms with Crippen LogP contribution < -0.4 is 10.6 Å². The van der Waals surface area contributed by atoms with Gasteiger partial charge in [-0.1, -0.05) is 35.1 Å². The van der Waals surface area contributed by atoms with Crippen molar-refractivity contribution in [1.29, 1.82) is 0 Å². The smallest absolute Gasteiger partial charge is 0.224 e. The zero-order valence-electron chi connectivity index (χ0n) is 19.6. The minimum atomic E-state index is -0.237. The van der Waals surface area contributed by atoms with Gasteiger partial charge in [-0.15, -0.1) is 0 Å². The van der Waals surface area contributed by atoms with Crippen LogP contribution in [0.5, 0.6) is 0 Å². The van der Waals surface area contributed by atoms with Crippen molar-refractivity contribution in [3.05, 3.63) is 58.7 Å². The number of hydrogen-bond acceptors (Lipinski definition) is 2. The van der Waals surface area contributed by atoms with Crippen molar-refractivity contribution in [2.75, 3.05) is 10.6 Å². The average molecular weight is 445 g/mol. The number of nitrogens with two attached hydrogens (primary N) is 1. The summed E-state index contributed by atoms with van der Waals surface area (Å²) in [5, 5.41) is 0. The molecule has 1 heterocycles. The molecular formula is C27H38F2N2O. The molecule has 2 aliphatic rings. The van der Waals surface area contributed by atoms with Crippen molar-refractivity contribution in [3.8, 4) is 0 Å². The van der Waals surface area contributed by atoms with Crippen molar-refractivity contribution >= 4 is 17.3 Å². The minimum Gasteiger partial charge on any atom is -0.398 e. The fourth-order valence-electron chi connectivity index (χ4n) is 5.79. The SMILES string of the molecule is C.CC(=O)N1c2ccc(F)cc2C(C)CC1(C)C.CC1CC(C)(C)c2c(F)ccc(N)c21. The number of halogens is 2. The molecule has 3 nitrogen and oxygen atoms in total. The van der Waals surface area contributed by atoms with Gasteiger partial charge < -0.3 is 10.6 Å². The van der Waals surface area contributed by atoms with Gasteiger partial charge in [0.15, 0.2) is 0 Å². The van der Waals surface area contributed by atoms with E-state index in [9.17, 15) is 13.6 Å². The molecule has 176 valence electrons. The number of anilines is 2. The third kappa shape index (κ3) is 4.53. The quantitative estimate of drug-likeness (QED) is 0.434.